The van der Waals surface area contributed by atoms with Gasteiger partial charge in [-0.1, -0.05) is 72.8 Å². The summed E-state index contributed by atoms with van der Waals surface area (Å²) in [5, 5.41) is 31.8. The molecule has 0 N–H and O–H groups in total. The van der Waals surface area contributed by atoms with Gasteiger partial charge >= 0.3 is 0 Å². The molecule has 270 valence electrons. The highest BCUT2D eigenvalue weighted by Gasteiger charge is 2.34. The molecule has 0 fully saturated rings. The number of rotatable bonds is 4. The zero-order valence-corrected chi connectivity index (χ0v) is 31.8. The predicted molar refractivity (Wildman–Crippen MR) is 242 cm³/mol. The van der Waals surface area contributed by atoms with Gasteiger partial charge in [-0.05, 0) is 120 Å². The SMILES string of the molecule is COc1cc(OC)c2c3cccc4c5cccc6c7c(OC)cc(OC)c8c9cccc%10c%11cc(=O)cc%12c%13cccc%14c1c2c1c(c%13%14)c(c%12%11)c(c%109)c(c87)c(c56)c1c43. The topological polar surface area (TPSA) is 54.0 Å². The average molecular weight is 745 g/mol. The Morgan fingerprint density at radius 3 is 0.776 bits per heavy atom. The lowest BCUT2D eigenvalue weighted by Gasteiger charge is -2.24. The molecule has 0 radical (unpaired) electrons. The van der Waals surface area contributed by atoms with Crippen molar-refractivity contribution in [3.05, 3.63) is 107 Å². The number of hydrogen-bond donors (Lipinski definition) is 0. The molecule has 0 amide bonds. The number of fused-ring (bicyclic) bond motifs is 7. The first kappa shape index (κ1) is 29.9. The molecule has 0 bridgehead atoms. The Balaban J connectivity index is 1.52. The van der Waals surface area contributed by atoms with E-state index in [1.165, 1.54) is 59.2 Å². The summed E-state index contributed by atoms with van der Waals surface area (Å²) in [5.41, 5.74) is -0.00287. The molecular weight excluding hydrogens is 717 g/mol. The lowest BCUT2D eigenvalue weighted by atomic mass is 9.79. The van der Waals surface area contributed by atoms with Crippen LogP contribution >= 0.6 is 0 Å². The van der Waals surface area contributed by atoms with Crippen molar-refractivity contribution in [3.8, 4) is 23.0 Å². The molecule has 0 heterocycles. The van der Waals surface area contributed by atoms with Crippen molar-refractivity contribution in [1.82, 2.24) is 0 Å². The van der Waals surface area contributed by atoms with Gasteiger partial charge in [0, 0.05) is 55.2 Å². The Kier molecular flexibility index (Phi) is 4.85. The van der Waals surface area contributed by atoms with Crippen LogP contribution in [0.1, 0.15) is 0 Å². The minimum atomic E-state index is -0.00287. The van der Waals surface area contributed by atoms with Crippen molar-refractivity contribution >= 4 is 151 Å². The average Bonchev–Trinajstić information content (AvgIpc) is 3.41. The van der Waals surface area contributed by atoms with Crippen molar-refractivity contribution in [3.63, 3.8) is 0 Å². The largest absolute Gasteiger partial charge is 0.496 e. The Labute approximate surface area is 327 Å². The highest BCUT2D eigenvalue weighted by atomic mass is 16.5. The quantitative estimate of drug-likeness (QED) is 0.133. The maximum absolute atomic E-state index is 14.0. The number of ether oxygens (including phenoxy) is 4. The van der Waals surface area contributed by atoms with Crippen molar-refractivity contribution in [2.75, 3.05) is 28.4 Å². The summed E-state index contributed by atoms with van der Waals surface area (Å²) >= 11 is 0. The molecule has 0 aromatic heterocycles. The monoisotopic (exact) mass is 744 g/mol. The second-order valence-electron chi connectivity index (χ2n) is 16.2. The van der Waals surface area contributed by atoms with Crippen LogP contribution in [0.15, 0.2) is 102 Å². The summed E-state index contributed by atoms with van der Waals surface area (Å²) in [6.45, 7) is 0. The van der Waals surface area contributed by atoms with E-state index in [0.717, 1.165) is 115 Å². The molecule has 0 aliphatic carbocycles. The van der Waals surface area contributed by atoms with Crippen LogP contribution < -0.4 is 24.4 Å². The molecule has 15 aromatic rings. The van der Waals surface area contributed by atoms with Gasteiger partial charge in [0.25, 0.3) is 0 Å². The van der Waals surface area contributed by atoms with Crippen LogP contribution in [0.25, 0.3) is 151 Å². The normalized spacial score (nSPS) is 13.2. The smallest absolute Gasteiger partial charge is 0.179 e. The van der Waals surface area contributed by atoms with Crippen LogP contribution in [0.4, 0.5) is 0 Å². The highest BCUT2D eigenvalue weighted by Crippen LogP contribution is 2.63. The lowest BCUT2D eigenvalue weighted by Crippen LogP contribution is -2.01. The molecule has 15 rings (SSSR count). The molecule has 0 aliphatic heterocycles. The second-order valence-corrected chi connectivity index (χ2v) is 16.2. The second kappa shape index (κ2) is 9.42. The van der Waals surface area contributed by atoms with E-state index in [0.29, 0.717) is 0 Å². The zero-order chi connectivity index (χ0) is 38.2. The van der Waals surface area contributed by atoms with Crippen LogP contribution in [0, 0.1) is 0 Å². The van der Waals surface area contributed by atoms with Crippen molar-refractivity contribution in [1.29, 1.82) is 0 Å². The van der Waals surface area contributed by atoms with E-state index in [1.54, 1.807) is 28.4 Å². The van der Waals surface area contributed by atoms with E-state index in [9.17, 15) is 4.79 Å². The molecule has 15 aromatic carbocycles. The maximum Gasteiger partial charge on any atom is 0.179 e. The van der Waals surface area contributed by atoms with Gasteiger partial charge in [0.05, 0.1) is 28.4 Å². The van der Waals surface area contributed by atoms with Crippen LogP contribution in [0.5, 0.6) is 23.0 Å². The summed E-state index contributed by atoms with van der Waals surface area (Å²) in [6.07, 6.45) is 0. The van der Waals surface area contributed by atoms with Gasteiger partial charge in [-0.3, -0.25) is 4.79 Å². The predicted octanol–water partition coefficient (Wildman–Crippen LogP) is 13.3. The summed E-state index contributed by atoms with van der Waals surface area (Å²) in [5.74, 6) is 3.08. The fourth-order valence-corrected chi connectivity index (χ4v) is 12.4. The van der Waals surface area contributed by atoms with Crippen molar-refractivity contribution < 1.29 is 18.9 Å². The fourth-order valence-electron chi connectivity index (χ4n) is 12.4. The molecule has 0 spiro atoms. The summed E-state index contributed by atoms with van der Waals surface area (Å²) < 4.78 is 25.5. The third-order valence-corrected chi connectivity index (χ3v) is 14.2. The van der Waals surface area contributed by atoms with Crippen molar-refractivity contribution in [2.24, 2.45) is 0 Å². The lowest BCUT2D eigenvalue weighted by molar-refractivity contribution is 0.401. The van der Waals surface area contributed by atoms with Crippen LogP contribution in [0.2, 0.25) is 0 Å². The van der Waals surface area contributed by atoms with E-state index < -0.39 is 0 Å². The van der Waals surface area contributed by atoms with E-state index in [4.69, 9.17) is 18.9 Å². The number of hydrogen-bond acceptors (Lipinski definition) is 5. The number of methoxy groups -OCH3 is 4. The molecule has 0 unspecified atom stereocenters. The van der Waals surface area contributed by atoms with E-state index in [2.05, 4.69) is 84.9 Å². The first-order chi connectivity index (χ1) is 28.6. The molecule has 58 heavy (non-hydrogen) atoms. The zero-order valence-electron chi connectivity index (χ0n) is 31.8. The van der Waals surface area contributed by atoms with Gasteiger partial charge in [0.1, 0.15) is 23.0 Å². The Morgan fingerprint density at radius 2 is 0.483 bits per heavy atom. The van der Waals surface area contributed by atoms with Gasteiger partial charge < -0.3 is 18.9 Å². The molecule has 5 heteroatoms. The van der Waals surface area contributed by atoms with Gasteiger partial charge in [-0.25, -0.2) is 0 Å². The molecule has 5 nitrogen and oxygen atoms in total. The summed E-state index contributed by atoms with van der Waals surface area (Å²) in [7, 11) is 7.04. The van der Waals surface area contributed by atoms with Gasteiger partial charge in [0.2, 0.25) is 0 Å². The van der Waals surface area contributed by atoms with Gasteiger partial charge in [0.15, 0.2) is 5.43 Å². The fraction of sp³-hybridized carbons (Fsp3) is 0.0755. The Hall–Kier alpha value is -7.37. The van der Waals surface area contributed by atoms with E-state index >= 15 is 0 Å². The standard InChI is InChI=1S/C53H28O5/c1-55-32-19-34(57-3)43-28-15-7-11-24-30-17-21(54)18-31-25-12-8-16-29-39(25)48-49(40(30)31)47(38(24)28)52-45-36-22(9-5-13-26(36)41(32)50(43)52)23-10-6-14-27-37(23)46(45)53(48)51-42(27)33(56-2)20-35(58-4)44(29)51/h5-20H,1-4H3. The maximum atomic E-state index is 14.0. The molecular formula is C53H28O5. The third kappa shape index (κ3) is 2.85. The van der Waals surface area contributed by atoms with E-state index in [1.807, 2.05) is 12.1 Å². The first-order valence-corrected chi connectivity index (χ1v) is 19.7. The molecule has 0 atom stereocenters. The minimum Gasteiger partial charge on any atom is -0.496 e. The van der Waals surface area contributed by atoms with Crippen LogP contribution in [0.3, 0.4) is 0 Å². The number of benzene rings is 14. The molecule has 0 aliphatic rings. The Morgan fingerprint density at radius 1 is 0.259 bits per heavy atom. The first-order valence-electron chi connectivity index (χ1n) is 19.7. The highest BCUT2D eigenvalue weighted by molar-refractivity contribution is 6.62. The van der Waals surface area contributed by atoms with Gasteiger partial charge in [-0.15, -0.1) is 0 Å². The summed E-state index contributed by atoms with van der Waals surface area (Å²) in [6, 6.07) is 34.5. The summed E-state index contributed by atoms with van der Waals surface area (Å²) in [4.78, 5) is 14.0. The molecule has 0 saturated heterocycles. The van der Waals surface area contributed by atoms with Crippen molar-refractivity contribution in [2.45, 2.75) is 0 Å². The van der Waals surface area contributed by atoms with Gasteiger partial charge in [-0.2, -0.15) is 0 Å². The van der Waals surface area contributed by atoms with E-state index in [-0.39, 0.29) is 5.43 Å². The van der Waals surface area contributed by atoms with Crippen LogP contribution in [-0.2, 0) is 0 Å². The minimum absolute atomic E-state index is 0.00287. The van der Waals surface area contributed by atoms with Crippen LogP contribution in [-0.4, -0.2) is 28.4 Å². The Bertz CT molecular complexity index is 4100. The molecule has 0 saturated carbocycles. The third-order valence-electron chi connectivity index (χ3n) is 14.2.